The average molecular weight is 340 g/mol. The predicted molar refractivity (Wildman–Crippen MR) is 80.4 cm³/mol. The molecule has 132 valence electrons. The van der Waals surface area contributed by atoms with Crippen molar-refractivity contribution in [3.05, 3.63) is 23.8 Å². The maximum atomic E-state index is 11.8. The van der Waals surface area contributed by atoms with E-state index in [1.165, 1.54) is 20.3 Å². The largest absolute Gasteiger partial charge is 0.468 e. The molecule has 0 amide bonds. The van der Waals surface area contributed by atoms with Crippen LogP contribution in [0.1, 0.15) is 6.42 Å². The Kier molecular flexibility index (Phi) is 7.16. The first-order chi connectivity index (χ1) is 11.4. The summed E-state index contributed by atoms with van der Waals surface area (Å²) >= 11 is 0. The number of rotatable bonds is 6. The van der Waals surface area contributed by atoms with E-state index in [-0.39, 0.29) is 6.42 Å². The summed E-state index contributed by atoms with van der Waals surface area (Å²) in [7, 11) is 4.68. The number of esters is 4. The minimum absolute atomic E-state index is 0.263. The summed E-state index contributed by atoms with van der Waals surface area (Å²) in [5.74, 6) is -5.77. The van der Waals surface area contributed by atoms with Crippen LogP contribution in [0.2, 0.25) is 0 Å². The van der Waals surface area contributed by atoms with Crippen molar-refractivity contribution in [1.82, 2.24) is 0 Å². The maximum Gasteiger partial charge on any atom is 0.324 e. The lowest BCUT2D eigenvalue weighted by Gasteiger charge is -2.17. The second-order valence-electron chi connectivity index (χ2n) is 5.02. The number of hydrogen-bond acceptors (Lipinski definition) is 8. The Hall–Kier alpha value is -2.64. The molecule has 0 aromatic heterocycles. The molecule has 0 saturated carbocycles. The van der Waals surface area contributed by atoms with Gasteiger partial charge in [0.15, 0.2) is 11.8 Å². The smallest absolute Gasteiger partial charge is 0.324 e. The lowest BCUT2D eigenvalue weighted by atomic mass is 9.90. The number of allylic oxidation sites excluding steroid dienone is 3. The van der Waals surface area contributed by atoms with Gasteiger partial charge in [0.05, 0.1) is 28.4 Å². The molecule has 8 heteroatoms. The van der Waals surface area contributed by atoms with Gasteiger partial charge < -0.3 is 18.9 Å². The minimum Gasteiger partial charge on any atom is -0.468 e. The van der Waals surface area contributed by atoms with Crippen LogP contribution >= 0.6 is 0 Å². The van der Waals surface area contributed by atoms with Crippen molar-refractivity contribution in [2.45, 2.75) is 6.42 Å². The normalized spacial score (nSPS) is 17.9. The van der Waals surface area contributed by atoms with E-state index in [1.807, 2.05) is 0 Å². The van der Waals surface area contributed by atoms with Crippen molar-refractivity contribution >= 4 is 23.9 Å². The second-order valence-corrected chi connectivity index (χ2v) is 5.02. The highest BCUT2D eigenvalue weighted by molar-refractivity contribution is 5.97. The first-order valence-electron chi connectivity index (χ1n) is 7.09. The summed E-state index contributed by atoms with van der Waals surface area (Å²) in [6, 6.07) is 0. The van der Waals surface area contributed by atoms with Gasteiger partial charge in [-0.2, -0.15) is 0 Å². The summed E-state index contributed by atoms with van der Waals surface area (Å²) in [6.45, 7) is 0. The third-order valence-corrected chi connectivity index (χ3v) is 3.66. The number of ether oxygens (including phenoxy) is 4. The molecule has 0 bridgehead atoms. The fourth-order valence-electron chi connectivity index (χ4n) is 2.41. The zero-order chi connectivity index (χ0) is 18.3. The number of methoxy groups -OCH3 is 4. The van der Waals surface area contributed by atoms with Gasteiger partial charge in [0.2, 0.25) is 0 Å². The average Bonchev–Trinajstić information content (AvgIpc) is 3.05. The molecule has 0 radical (unpaired) electrons. The van der Waals surface area contributed by atoms with Gasteiger partial charge in [0, 0.05) is 5.92 Å². The molecule has 0 aromatic carbocycles. The first-order valence-corrected chi connectivity index (χ1v) is 7.09. The molecule has 0 N–H and O–H groups in total. The number of carbonyl (C=O) groups is 4. The van der Waals surface area contributed by atoms with Gasteiger partial charge in [-0.25, -0.2) is 0 Å². The Morgan fingerprint density at radius 3 is 1.79 bits per heavy atom. The van der Waals surface area contributed by atoms with Crippen molar-refractivity contribution in [3.8, 4) is 0 Å². The summed E-state index contributed by atoms with van der Waals surface area (Å²) in [4.78, 5) is 47.0. The zero-order valence-electron chi connectivity index (χ0n) is 13.9. The lowest BCUT2D eigenvalue weighted by molar-refractivity contribution is -0.161. The Balaban J connectivity index is 2.98. The molecule has 0 aliphatic heterocycles. The van der Waals surface area contributed by atoms with E-state index >= 15 is 0 Å². The molecule has 1 rings (SSSR count). The Bertz CT molecular complexity index is 543. The van der Waals surface area contributed by atoms with E-state index < -0.39 is 41.6 Å². The summed E-state index contributed by atoms with van der Waals surface area (Å²) in [5, 5.41) is 0. The molecule has 0 heterocycles. The van der Waals surface area contributed by atoms with E-state index in [0.717, 1.165) is 14.2 Å². The first kappa shape index (κ1) is 19.4. The molecule has 8 nitrogen and oxygen atoms in total. The van der Waals surface area contributed by atoms with Crippen LogP contribution in [0.5, 0.6) is 0 Å². The molecule has 0 spiro atoms. The highest BCUT2D eigenvalue weighted by atomic mass is 16.5. The number of hydrogen-bond donors (Lipinski definition) is 0. The van der Waals surface area contributed by atoms with Crippen molar-refractivity contribution < 1.29 is 38.1 Å². The predicted octanol–water partition coefficient (Wildman–Crippen LogP) is 0.413. The standard InChI is InChI=1S/C16H20O8/c1-21-13(17)11(14(18)22-2)8-9-5-6-10(7-9)12(15(19)23-3)16(20)24-4/h5-6,8,10-12H,7H2,1-4H3/b9-8-/t10-/m1/s1. The molecule has 0 aromatic rings. The molecular weight excluding hydrogens is 320 g/mol. The van der Waals surface area contributed by atoms with Crippen molar-refractivity contribution in [2.24, 2.45) is 17.8 Å². The zero-order valence-corrected chi connectivity index (χ0v) is 13.9. The van der Waals surface area contributed by atoms with Crippen LogP contribution in [-0.2, 0) is 38.1 Å². The van der Waals surface area contributed by atoms with E-state index in [4.69, 9.17) is 0 Å². The Morgan fingerprint density at radius 2 is 1.38 bits per heavy atom. The third kappa shape index (κ3) is 4.43. The van der Waals surface area contributed by atoms with Crippen LogP contribution in [0.3, 0.4) is 0 Å². The van der Waals surface area contributed by atoms with Crippen LogP contribution in [0.25, 0.3) is 0 Å². The summed E-state index contributed by atoms with van der Waals surface area (Å²) in [5.41, 5.74) is 0.596. The second kappa shape index (κ2) is 8.85. The summed E-state index contributed by atoms with van der Waals surface area (Å²) in [6.07, 6.45) is 4.91. The van der Waals surface area contributed by atoms with E-state index in [9.17, 15) is 19.2 Å². The highest BCUT2D eigenvalue weighted by Crippen LogP contribution is 2.31. The molecule has 0 saturated heterocycles. The van der Waals surface area contributed by atoms with E-state index in [2.05, 4.69) is 18.9 Å². The third-order valence-electron chi connectivity index (χ3n) is 3.66. The van der Waals surface area contributed by atoms with Crippen molar-refractivity contribution in [2.75, 3.05) is 28.4 Å². The van der Waals surface area contributed by atoms with Crippen molar-refractivity contribution in [1.29, 1.82) is 0 Å². The molecule has 0 fully saturated rings. The molecular formula is C16H20O8. The fraction of sp³-hybridized carbons (Fsp3) is 0.500. The summed E-state index contributed by atoms with van der Waals surface area (Å²) < 4.78 is 18.4. The van der Waals surface area contributed by atoms with Gasteiger partial charge >= 0.3 is 23.9 Å². The van der Waals surface area contributed by atoms with Crippen LogP contribution < -0.4 is 0 Å². The molecule has 1 atom stereocenters. The van der Waals surface area contributed by atoms with Crippen molar-refractivity contribution in [3.63, 3.8) is 0 Å². The molecule has 0 unspecified atom stereocenters. The van der Waals surface area contributed by atoms with Gasteiger partial charge in [-0.1, -0.05) is 23.8 Å². The highest BCUT2D eigenvalue weighted by Gasteiger charge is 2.38. The maximum absolute atomic E-state index is 11.8. The molecule has 1 aliphatic rings. The van der Waals surface area contributed by atoms with Gasteiger partial charge in [-0.05, 0) is 6.42 Å². The van der Waals surface area contributed by atoms with Crippen LogP contribution in [0.15, 0.2) is 23.8 Å². The Labute approximate surface area is 139 Å². The monoisotopic (exact) mass is 340 g/mol. The van der Waals surface area contributed by atoms with Crippen LogP contribution in [0, 0.1) is 17.8 Å². The van der Waals surface area contributed by atoms with E-state index in [1.54, 1.807) is 12.2 Å². The van der Waals surface area contributed by atoms with Gasteiger partial charge in [-0.3, -0.25) is 19.2 Å². The molecule has 1 aliphatic carbocycles. The molecule has 24 heavy (non-hydrogen) atoms. The Morgan fingerprint density at radius 1 is 0.917 bits per heavy atom. The van der Waals surface area contributed by atoms with E-state index in [0.29, 0.717) is 5.57 Å². The lowest BCUT2D eigenvalue weighted by Crippen LogP contribution is -2.32. The SMILES string of the molecule is COC(=O)C(/C=C1/C=C[C@@H](C(C(=O)OC)C(=O)OC)C1)C(=O)OC. The minimum atomic E-state index is -1.21. The van der Waals surface area contributed by atoms with Gasteiger partial charge in [0.1, 0.15) is 0 Å². The van der Waals surface area contributed by atoms with Crippen LogP contribution in [0.4, 0.5) is 0 Å². The van der Waals surface area contributed by atoms with Gasteiger partial charge in [0.25, 0.3) is 0 Å². The fourth-order valence-corrected chi connectivity index (χ4v) is 2.41. The quantitative estimate of drug-likeness (QED) is 0.389. The topological polar surface area (TPSA) is 105 Å². The number of carbonyl (C=O) groups excluding carboxylic acids is 4. The van der Waals surface area contributed by atoms with Crippen LogP contribution in [-0.4, -0.2) is 52.3 Å². The van der Waals surface area contributed by atoms with Gasteiger partial charge in [-0.15, -0.1) is 0 Å².